The maximum absolute atomic E-state index is 12.8. The monoisotopic (exact) mass is 352 g/mol. The van der Waals surface area contributed by atoms with Gasteiger partial charge in [0, 0.05) is 32.4 Å². The molecule has 3 heterocycles. The second-order valence-electron chi connectivity index (χ2n) is 6.73. The summed E-state index contributed by atoms with van der Waals surface area (Å²) < 4.78 is 1.17. The highest BCUT2D eigenvalue weighted by Gasteiger charge is 2.27. The molecule has 8 heteroatoms. The van der Waals surface area contributed by atoms with Crippen LogP contribution in [0.25, 0.3) is 5.78 Å². The lowest BCUT2D eigenvalue weighted by atomic mass is 9.94. The molecule has 134 valence electrons. The van der Waals surface area contributed by atoms with E-state index in [9.17, 15) is 9.59 Å². The van der Waals surface area contributed by atoms with Gasteiger partial charge in [0.05, 0.1) is 0 Å². The van der Waals surface area contributed by atoms with Gasteiger partial charge in [-0.05, 0) is 24.6 Å². The molecule has 0 spiro atoms. The molecule has 0 radical (unpaired) electrons. The summed E-state index contributed by atoms with van der Waals surface area (Å²) in [4.78, 5) is 37.0. The van der Waals surface area contributed by atoms with E-state index in [0.29, 0.717) is 6.54 Å². The molecule has 1 amide bonds. The summed E-state index contributed by atoms with van der Waals surface area (Å²) in [7, 11) is 3.78. The van der Waals surface area contributed by atoms with E-state index in [0.717, 1.165) is 13.0 Å². The van der Waals surface area contributed by atoms with Crippen LogP contribution in [0.4, 0.5) is 0 Å². The van der Waals surface area contributed by atoms with Crippen molar-refractivity contribution in [3.05, 3.63) is 63.8 Å². The minimum Gasteiger partial charge on any atom is -0.340 e. The fourth-order valence-electron chi connectivity index (χ4n) is 3.47. The van der Waals surface area contributed by atoms with E-state index >= 15 is 0 Å². The van der Waals surface area contributed by atoms with Crippen LogP contribution in [0.2, 0.25) is 0 Å². The SMILES string of the molecule is CN(CC1Cc2ccccc2CN1C)C(=O)c1cnc2nc[nH]n2c1=O. The van der Waals surface area contributed by atoms with Gasteiger partial charge in [-0.15, -0.1) is 0 Å². The van der Waals surface area contributed by atoms with Crippen LogP contribution in [0.5, 0.6) is 0 Å². The molecule has 4 rings (SSSR count). The summed E-state index contributed by atoms with van der Waals surface area (Å²) in [6.45, 7) is 1.39. The summed E-state index contributed by atoms with van der Waals surface area (Å²) in [6, 6.07) is 8.57. The fourth-order valence-corrected chi connectivity index (χ4v) is 3.47. The molecule has 1 aliphatic heterocycles. The Kier molecular flexibility index (Phi) is 4.04. The van der Waals surface area contributed by atoms with E-state index in [2.05, 4.69) is 45.2 Å². The van der Waals surface area contributed by atoms with E-state index in [-0.39, 0.29) is 23.3 Å². The predicted molar refractivity (Wildman–Crippen MR) is 96.0 cm³/mol. The van der Waals surface area contributed by atoms with Crippen LogP contribution < -0.4 is 5.56 Å². The molecule has 0 saturated heterocycles. The van der Waals surface area contributed by atoms with Crippen LogP contribution in [-0.4, -0.2) is 62.0 Å². The molecular weight excluding hydrogens is 332 g/mol. The van der Waals surface area contributed by atoms with Crippen LogP contribution in [0.1, 0.15) is 21.5 Å². The number of hydrogen-bond acceptors (Lipinski definition) is 5. The number of H-pyrrole nitrogens is 1. The molecule has 1 aromatic carbocycles. The van der Waals surface area contributed by atoms with Crippen molar-refractivity contribution in [3.8, 4) is 0 Å². The van der Waals surface area contributed by atoms with Gasteiger partial charge < -0.3 is 4.90 Å². The zero-order valence-corrected chi connectivity index (χ0v) is 14.7. The molecule has 1 atom stereocenters. The zero-order chi connectivity index (χ0) is 18.3. The Morgan fingerprint density at radius 3 is 2.88 bits per heavy atom. The number of aromatic amines is 1. The summed E-state index contributed by atoms with van der Waals surface area (Å²) in [6.07, 6.45) is 3.55. The largest absolute Gasteiger partial charge is 0.340 e. The maximum Gasteiger partial charge on any atom is 0.286 e. The van der Waals surface area contributed by atoms with Crippen molar-refractivity contribution in [2.45, 2.75) is 19.0 Å². The Labute approximate surface area is 150 Å². The Hall–Kier alpha value is -3.00. The van der Waals surface area contributed by atoms with Crippen LogP contribution >= 0.6 is 0 Å². The molecular formula is C18H20N6O2. The summed E-state index contributed by atoms with van der Waals surface area (Å²) in [5.41, 5.74) is 2.24. The van der Waals surface area contributed by atoms with Gasteiger partial charge in [0.1, 0.15) is 11.9 Å². The number of fused-ring (bicyclic) bond motifs is 2. The van der Waals surface area contributed by atoms with Crippen molar-refractivity contribution in [1.82, 2.24) is 29.4 Å². The van der Waals surface area contributed by atoms with Gasteiger partial charge >= 0.3 is 0 Å². The molecule has 8 nitrogen and oxygen atoms in total. The van der Waals surface area contributed by atoms with Gasteiger partial charge in [0.25, 0.3) is 17.2 Å². The highest BCUT2D eigenvalue weighted by Crippen LogP contribution is 2.22. The van der Waals surface area contributed by atoms with Crippen LogP contribution in [0.15, 0.2) is 41.6 Å². The number of carbonyl (C=O) groups is 1. The number of benzene rings is 1. The topological polar surface area (TPSA) is 86.6 Å². The lowest BCUT2D eigenvalue weighted by molar-refractivity contribution is 0.0731. The molecule has 0 aliphatic carbocycles. The number of rotatable bonds is 3. The van der Waals surface area contributed by atoms with Crippen molar-refractivity contribution in [2.24, 2.45) is 0 Å². The van der Waals surface area contributed by atoms with E-state index in [1.54, 1.807) is 11.9 Å². The minimum absolute atomic E-state index is 0.0353. The molecule has 3 aromatic rings. The Balaban J connectivity index is 1.54. The molecule has 1 aliphatic rings. The molecule has 0 fully saturated rings. The first-order valence-corrected chi connectivity index (χ1v) is 8.48. The Morgan fingerprint density at radius 2 is 2.08 bits per heavy atom. The van der Waals surface area contributed by atoms with E-state index < -0.39 is 5.56 Å². The highest BCUT2D eigenvalue weighted by atomic mass is 16.2. The lowest BCUT2D eigenvalue weighted by Crippen LogP contribution is -2.47. The third-order valence-electron chi connectivity index (χ3n) is 4.99. The summed E-state index contributed by atoms with van der Waals surface area (Å²) in [5, 5.41) is 2.67. The average molecular weight is 352 g/mol. The normalized spacial score (nSPS) is 17.2. The first-order chi connectivity index (χ1) is 12.5. The van der Waals surface area contributed by atoms with Crippen LogP contribution in [-0.2, 0) is 13.0 Å². The van der Waals surface area contributed by atoms with Gasteiger partial charge in [-0.1, -0.05) is 24.3 Å². The number of likely N-dealkylation sites (N-methyl/N-ethyl adjacent to an activating group) is 2. The van der Waals surface area contributed by atoms with Crippen molar-refractivity contribution < 1.29 is 4.79 Å². The van der Waals surface area contributed by atoms with Crippen molar-refractivity contribution in [1.29, 1.82) is 0 Å². The highest BCUT2D eigenvalue weighted by molar-refractivity contribution is 5.93. The van der Waals surface area contributed by atoms with Crippen LogP contribution in [0, 0.1) is 0 Å². The van der Waals surface area contributed by atoms with Crippen LogP contribution in [0.3, 0.4) is 0 Å². The number of nitrogens with zero attached hydrogens (tertiary/aromatic N) is 5. The van der Waals surface area contributed by atoms with Crippen molar-refractivity contribution in [2.75, 3.05) is 20.6 Å². The number of nitrogens with one attached hydrogen (secondary N) is 1. The van der Waals surface area contributed by atoms with Gasteiger partial charge in [-0.3, -0.25) is 19.6 Å². The van der Waals surface area contributed by atoms with E-state index in [1.807, 2.05) is 6.07 Å². The number of amides is 1. The van der Waals surface area contributed by atoms with Crippen molar-refractivity contribution >= 4 is 11.7 Å². The van der Waals surface area contributed by atoms with E-state index in [4.69, 9.17) is 0 Å². The lowest BCUT2D eigenvalue weighted by Gasteiger charge is -2.36. The standard InChI is InChI=1S/C18H20N6O2/c1-22-9-13-6-4-3-5-12(13)7-14(22)10-23(2)16(25)15-8-19-18-20-11-21-24(18)17(15)26/h3-6,8,11,14H,7,9-10H2,1-2H3,(H,19,20,21). The Bertz CT molecular complexity index is 1020. The van der Waals surface area contributed by atoms with Gasteiger partial charge in [-0.2, -0.15) is 4.52 Å². The quantitative estimate of drug-likeness (QED) is 0.744. The van der Waals surface area contributed by atoms with Gasteiger partial charge in [0.2, 0.25) is 0 Å². The van der Waals surface area contributed by atoms with Gasteiger partial charge in [0.15, 0.2) is 0 Å². The fraction of sp³-hybridized carbons (Fsp3) is 0.333. The third kappa shape index (κ3) is 2.78. The first kappa shape index (κ1) is 16.5. The van der Waals surface area contributed by atoms with Crippen molar-refractivity contribution in [3.63, 3.8) is 0 Å². The number of carbonyl (C=O) groups excluding carboxylic acids is 1. The number of aromatic nitrogens is 4. The molecule has 1 N–H and O–H groups in total. The molecule has 1 unspecified atom stereocenters. The second-order valence-corrected chi connectivity index (χ2v) is 6.73. The molecule has 2 aromatic heterocycles. The summed E-state index contributed by atoms with van der Waals surface area (Å²) in [5.74, 6) is -0.0865. The summed E-state index contributed by atoms with van der Waals surface area (Å²) >= 11 is 0. The smallest absolute Gasteiger partial charge is 0.286 e. The minimum atomic E-state index is -0.438. The molecule has 0 saturated carbocycles. The second kappa shape index (κ2) is 6.38. The first-order valence-electron chi connectivity index (χ1n) is 8.48. The van der Waals surface area contributed by atoms with Gasteiger partial charge in [-0.25, -0.2) is 9.97 Å². The molecule has 26 heavy (non-hydrogen) atoms. The Morgan fingerprint density at radius 1 is 1.31 bits per heavy atom. The third-order valence-corrected chi connectivity index (χ3v) is 4.99. The molecule has 0 bridgehead atoms. The predicted octanol–water partition coefficient (Wildman–Crippen LogP) is 0.546. The zero-order valence-electron chi connectivity index (χ0n) is 14.7. The van der Waals surface area contributed by atoms with E-state index in [1.165, 1.54) is 28.2 Å². The maximum atomic E-state index is 12.8. The average Bonchev–Trinajstić information content (AvgIpc) is 3.12. The number of hydrogen-bond donors (Lipinski definition) is 1.